The number of carboxylic acids is 1. The average Bonchev–Trinajstić information content (AvgIpc) is 2.03. The Balaban J connectivity index is 3.62. The topological polar surface area (TPSA) is 128 Å². The van der Waals surface area contributed by atoms with Crippen LogP contribution in [-0.4, -0.2) is 30.1 Å². The summed E-state index contributed by atoms with van der Waals surface area (Å²) >= 11 is 0. The number of rotatable bonds is 6. The van der Waals surface area contributed by atoms with Crippen LogP contribution in [0.3, 0.4) is 0 Å². The smallest absolute Gasteiger partial charge is 0.307 e. The summed E-state index contributed by atoms with van der Waals surface area (Å²) in [6, 6.07) is 0. The second kappa shape index (κ2) is 6.24. The molecule has 0 aliphatic heterocycles. The summed E-state index contributed by atoms with van der Waals surface area (Å²) in [7, 11) is 0. The van der Waals surface area contributed by atoms with Gasteiger partial charge in [-0.25, -0.2) is 0 Å². The molecule has 0 fully saturated rings. The second-order valence-electron chi connectivity index (χ2n) is 2.72. The van der Waals surface area contributed by atoms with Crippen molar-refractivity contribution in [1.29, 1.82) is 0 Å². The van der Waals surface area contributed by atoms with E-state index in [1.54, 1.807) is 0 Å². The van der Waals surface area contributed by atoms with Gasteiger partial charge in [0.2, 0.25) is 0 Å². The van der Waals surface area contributed by atoms with Crippen LogP contribution in [0.2, 0.25) is 0 Å². The molecule has 1 atom stereocenters. The second-order valence-corrected chi connectivity index (χ2v) is 2.72. The molecule has 0 amide bonds. The molecule has 13 heavy (non-hydrogen) atoms. The van der Waals surface area contributed by atoms with Crippen LogP contribution in [0, 0.1) is 5.92 Å². The Kier molecular flexibility index (Phi) is 5.62. The van der Waals surface area contributed by atoms with E-state index < -0.39 is 11.9 Å². The predicted molar refractivity (Wildman–Crippen MR) is 50.1 cm³/mol. The van der Waals surface area contributed by atoms with E-state index in [-0.39, 0.29) is 12.5 Å². The molecular weight excluding hydrogens is 172 g/mol. The number of carboxylic acid groups (broad SMARTS) is 1. The van der Waals surface area contributed by atoms with Gasteiger partial charge in [-0.2, -0.15) is 0 Å². The van der Waals surface area contributed by atoms with Crippen molar-refractivity contribution < 1.29 is 9.90 Å². The first-order chi connectivity index (χ1) is 6.07. The number of nitrogens with zero attached hydrogens (tertiary/aromatic N) is 1. The summed E-state index contributed by atoms with van der Waals surface area (Å²) in [6.45, 7) is 0.600. The van der Waals surface area contributed by atoms with E-state index >= 15 is 0 Å². The predicted octanol–water partition coefficient (Wildman–Crippen LogP) is -1.30. The standard InChI is InChI=1S/C7H16N4O2/c8-4-5(6(12)13)2-1-3-11-7(9)10/h5H,1-4,8H2,(H,12,13)(H4,9,10,11). The SMILES string of the molecule is NCC(CCCN=C(N)N)C(=O)O. The van der Waals surface area contributed by atoms with Crippen molar-refractivity contribution >= 4 is 11.9 Å². The minimum absolute atomic E-state index is 0.0274. The molecule has 0 radical (unpaired) electrons. The molecule has 7 N–H and O–H groups in total. The third kappa shape index (κ3) is 5.92. The number of carbonyl (C=O) groups is 1. The van der Waals surface area contributed by atoms with Gasteiger partial charge in [-0.05, 0) is 12.8 Å². The maximum absolute atomic E-state index is 10.5. The van der Waals surface area contributed by atoms with Crippen LogP contribution in [-0.2, 0) is 4.79 Å². The molecule has 0 bridgehead atoms. The van der Waals surface area contributed by atoms with Crippen LogP contribution in [0.15, 0.2) is 4.99 Å². The Morgan fingerprint density at radius 2 is 2.08 bits per heavy atom. The van der Waals surface area contributed by atoms with Crippen molar-refractivity contribution in [2.75, 3.05) is 13.1 Å². The Hall–Kier alpha value is -1.30. The molecule has 0 heterocycles. The summed E-state index contributed by atoms with van der Waals surface area (Å²) in [6.07, 6.45) is 1.13. The number of aliphatic imine (C=N–C) groups is 1. The highest BCUT2D eigenvalue weighted by Gasteiger charge is 2.13. The Morgan fingerprint density at radius 3 is 2.46 bits per heavy atom. The van der Waals surface area contributed by atoms with Gasteiger partial charge in [0.1, 0.15) is 0 Å². The monoisotopic (exact) mass is 188 g/mol. The normalized spacial score (nSPS) is 12.1. The van der Waals surface area contributed by atoms with Crippen molar-refractivity contribution in [3.05, 3.63) is 0 Å². The van der Waals surface area contributed by atoms with Crippen LogP contribution in [0.25, 0.3) is 0 Å². The molecular formula is C7H16N4O2. The zero-order chi connectivity index (χ0) is 10.3. The van der Waals surface area contributed by atoms with Crippen LogP contribution in [0.4, 0.5) is 0 Å². The Bertz CT molecular complexity index is 189. The van der Waals surface area contributed by atoms with E-state index in [0.29, 0.717) is 19.4 Å². The first kappa shape index (κ1) is 11.7. The Labute approximate surface area is 76.8 Å². The van der Waals surface area contributed by atoms with Gasteiger partial charge in [-0.15, -0.1) is 0 Å². The van der Waals surface area contributed by atoms with Gasteiger partial charge in [0.15, 0.2) is 5.96 Å². The number of hydrogen-bond donors (Lipinski definition) is 4. The highest BCUT2D eigenvalue weighted by atomic mass is 16.4. The first-order valence-electron chi connectivity index (χ1n) is 4.06. The van der Waals surface area contributed by atoms with Crippen molar-refractivity contribution in [2.24, 2.45) is 28.1 Å². The molecule has 6 nitrogen and oxygen atoms in total. The highest BCUT2D eigenvalue weighted by molar-refractivity contribution is 5.75. The summed E-state index contributed by atoms with van der Waals surface area (Å²) in [5.41, 5.74) is 15.4. The molecule has 0 saturated carbocycles. The van der Waals surface area contributed by atoms with E-state index in [0.717, 1.165) is 0 Å². The highest BCUT2D eigenvalue weighted by Crippen LogP contribution is 2.04. The number of guanidine groups is 1. The van der Waals surface area contributed by atoms with E-state index in [4.69, 9.17) is 22.3 Å². The molecule has 0 aromatic carbocycles. The molecule has 0 saturated heterocycles. The summed E-state index contributed by atoms with van der Waals surface area (Å²) in [5.74, 6) is -1.33. The lowest BCUT2D eigenvalue weighted by Crippen LogP contribution is -2.24. The molecule has 0 spiro atoms. The van der Waals surface area contributed by atoms with Gasteiger partial charge in [0, 0.05) is 13.1 Å². The molecule has 0 rings (SSSR count). The lowest BCUT2D eigenvalue weighted by atomic mass is 10.0. The molecule has 0 aliphatic rings. The fourth-order valence-electron chi connectivity index (χ4n) is 0.888. The minimum Gasteiger partial charge on any atom is -0.481 e. The quantitative estimate of drug-likeness (QED) is 0.234. The van der Waals surface area contributed by atoms with Gasteiger partial charge in [0.05, 0.1) is 5.92 Å². The summed E-state index contributed by atoms with van der Waals surface area (Å²) in [4.78, 5) is 14.2. The fourth-order valence-corrected chi connectivity index (χ4v) is 0.888. The fraction of sp³-hybridized carbons (Fsp3) is 0.714. The van der Waals surface area contributed by atoms with E-state index in [1.807, 2.05) is 0 Å². The maximum Gasteiger partial charge on any atom is 0.307 e. The molecule has 1 unspecified atom stereocenters. The van der Waals surface area contributed by atoms with Gasteiger partial charge in [-0.1, -0.05) is 0 Å². The maximum atomic E-state index is 10.5. The van der Waals surface area contributed by atoms with Crippen LogP contribution >= 0.6 is 0 Å². The van der Waals surface area contributed by atoms with Crippen LogP contribution < -0.4 is 17.2 Å². The zero-order valence-corrected chi connectivity index (χ0v) is 7.44. The van der Waals surface area contributed by atoms with Gasteiger partial charge in [0.25, 0.3) is 0 Å². The number of aliphatic carboxylic acids is 1. The van der Waals surface area contributed by atoms with E-state index in [9.17, 15) is 4.79 Å². The third-order valence-electron chi connectivity index (χ3n) is 1.64. The molecule has 6 heteroatoms. The molecule has 76 valence electrons. The van der Waals surface area contributed by atoms with Crippen molar-refractivity contribution in [3.8, 4) is 0 Å². The first-order valence-corrected chi connectivity index (χ1v) is 4.06. The van der Waals surface area contributed by atoms with Gasteiger partial charge in [-0.3, -0.25) is 9.79 Å². The lowest BCUT2D eigenvalue weighted by molar-refractivity contribution is -0.141. The summed E-state index contributed by atoms with van der Waals surface area (Å²) < 4.78 is 0. The molecule has 0 aliphatic carbocycles. The summed E-state index contributed by atoms with van der Waals surface area (Å²) in [5, 5.41) is 8.62. The lowest BCUT2D eigenvalue weighted by Gasteiger charge is -2.07. The molecule has 0 aromatic heterocycles. The largest absolute Gasteiger partial charge is 0.481 e. The van der Waals surface area contributed by atoms with Crippen molar-refractivity contribution in [2.45, 2.75) is 12.8 Å². The zero-order valence-electron chi connectivity index (χ0n) is 7.44. The number of nitrogens with two attached hydrogens (primary N) is 3. The van der Waals surface area contributed by atoms with Crippen molar-refractivity contribution in [1.82, 2.24) is 0 Å². The minimum atomic E-state index is -0.868. The van der Waals surface area contributed by atoms with E-state index in [1.165, 1.54) is 0 Å². The third-order valence-corrected chi connectivity index (χ3v) is 1.64. The molecule has 0 aromatic rings. The Morgan fingerprint density at radius 1 is 1.46 bits per heavy atom. The van der Waals surface area contributed by atoms with E-state index in [2.05, 4.69) is 4.99 Å². The van der Waals surface area contributed by atoms with Gasteiger partial charge < -0.3 is 22.3 Å². The van der Waals surface area contributed by atoms with Crippen LogP contribution in [0.1, 0.15) is 12.8 Å². The average molecular weight is 188 g/mol. The van der Waals surface area contributed by atoms with Gasteiger partial charge >= 0.3 is 5.97 Å². The van der Waals surface area contributed by atoms with Crippen LogP contribution in [0.5, 0.6) is 0 Å². The van der Waals surface area contributed by atoms with Crippen molar-refractivity contribution in [3.63, 3.8) is 0 Å². The number of hydrogen-bond acceptors (Lipinski definition) is 3.